The van der Waals surface area contributed by atoms with Crippen LogP contribution in [0.2, 0.25) is 0 Å². The zero-order valence-corrected chi connectivity index (χ0v) is 11.7. The van der Waals surface area contributed by atoms with Gasteiger partial charge in [0.25, 0.3) is 0 Å². The molecule has 0 bridgehead atoms. The van der Waals surface area contributed by atoms with Gasteiger partial charge in [-0.15, -0.1) is 11.3 Å². The van der Waals surface area contributed by atoms with Gasteiger partial charge in [0.15, 0.2) is 3.95 Å². The molecule has 1 aromatic heterocycles. The number of aromatic nitrogens is 1. The second-order valence-corrected chi connectivity index (χ2v) is 6.09. The molecule has 18 heavy (non-hydrogen) atoms. The molecule has 1 heterocycles. The second kappa shape index (κ2) is 4.67. The van der Waals surface area contributed by atoms with Crippen LogP contribution >= 0.6 is 23.6 Å². The van der Waals surface area contributed by atoms with E-state index in [0.717, 1.165) is 10.5 Å². The summed E-state index contributed by atoms with van der Waals surface area (Å²) < 4.78 is 4.43. The van der Waals surface area contributed by atoms with Crippen LogP contribution in [0.15, 0.2) is 48.5 Å². The number of rotatable bonds is 2. The van der Waals surface area contributed by atoms with Crippen molar-refractivity contribution < 1.29 is 0 Å². The maximum absolute atomic E-state index is 5.48. The molecule has 0 aliphatic carbocycles. The number of nitrogens with zero attached hydrogens (tertiary/aromatic N) is 1. The van der Waals surface area contributed by atoms with Crippen molar-refractivity contribution in [2.75, 3.05) is 0 Å². The van der Waals surface area contributed by atoms with Crippen LogP contribution in [-0.4, -0.2) is 4.57 Å². The van der Waals surface area contributed by atoms with E-state index in [9.17, 15) is 0 Å². The Balaban J connectivity index is 2.12. The van der Waals surface area contributed by atoms with Crippen molar-refractivity contribution in [2.45, 2.75) is 13.5 Å². The standard InChI is InChI=1S/C15H13NS2/c1-11-7-8-13-14(9-11)18-15(17)16(13)10-12-5-3-2-4-6-12/h2-9H,10H2,1H3. The van der Waals surface area contributed by atoms with Gasteiger partial charge in [-0.1, -0.05) is 36.4 Å². The third-order valence-corrected chi connectivity index (χ3v) is 4.42. The SMILES string of the molecule is Cc1ccc2c(c1)sc(=S)n2Cc1ccccc1. The molecule has 3 rings (SSSR count). The quantitative estimate of drug-likeness (QED) is 0.607. The Morgan fingerprint density at radius 1 is 1.11 bits per heavy atom. The highest BCUT2D eigenvalue weighted by Crippen LogP contribution is 2.25. The number of benzene rings is 2. The summed E-state index contributed by atoms with van der Waals surface area (Å²) in [5.41, 5.74) is 3.80. The molecule has 2 aromatic carbocycles. The average molecular weight is 271 g/mol. The topological polar surface area (TPSA) is 4.93 Å². The number of thiazole rings is 1. The van der Waals surface area contributed by atoms with Crippen LogP contribution in [0.4, 0.5) is 0 Å². The van der Waals surface area contributed by atoms with Gasteiger partial charge in [0.2, 0.25) is 0 Å². The fourth-order valence-electron chi connectivity index (χ4n) is 2.09. The van der Waals surface area contributed by atoms with E-state index in [4.69, 9.17) is 12.2 Å². The first-order valence-electron chi connectivity index (χ1n) is 5.88. The summed E-state index contributed by atoms with van der Waals surface area (Å²) in [5, 5.41) is 0. The van der Waals surface area contributed by atoms with Crippen LogP contribution in [0.1, 0.15) is 11.1 Å². The molecule has 0 saturated carbocycles. The molecule has 0 spiro atoms. The number of hydrogen-bond donors (Lipinski definition) is 0. The minimum atomic E-state index is 0.850. The molecule has 0 aliphatic heterocycles. The Morgan fingerprint density at radius 3 is 2.67 bits per heavy atom. The van der Waals surface area contributed by atoms with Crippen LogP contribution in [0.5, 0.6) is 0 Å². The molecule has 0 unspecified atom stereocenters. The Kier molecular flexibility index (Phi) is 3.02. The van der Waals surface area contributed by atoms with Crippen molar-refractivity contribution in [2.24, 2.45) is 0 Å². The molecule has 0 N–H and O–H groups in total. The molecule has 1 nitrogen and oxygen atoms in total. The third-order valence-electron chi connectivity index (χ3n) is 3.01. The molecule has 0 fully saturated rings. The van der Waals surface area contributed by atoms with E-state index in [1.165, 1.54) is 21.3 Å². The highest BCUT2D eigenvalue weighted by atomic mass is 32.1. The van der Waals surface area contributed by atoms with E-state index in [1.54, 1.807) is 11.3 Å². The lowest BCUT2D eigenvalue weighted by molar-refractivity contribution is 0.833. The van der Waals surface area contributed by atoms with Crippen molar-refractivity contribution in [1.29, 1.82) is 0 Å². The summed E-state index contributed by atoms with van der Waals surface area (Å²) in [4.78, 5) is 0. The molecule has 0 aliphatic rings. The van der Waals surface area contributed by atoms with Crippen LogP contribution in [0.25, 0.3) is 10.2 Å². The van der Waals surface area contributed by atoms with Crippen LogP contribution in [0.3, 0.4) is 0 Å². The summed E-state index contributed by atoms with van der Waals surface area (Å²) in [5.74, 6) is 0. The summed E-state index contributed by atoms with van der Waals surface area (Å²) >= 11 is 7.17. The number of hydrogen-bond acceptors (Lipinski definition) is 2. The Bertz CT molecular complexity index is 738. The monoisotopic (exact) mass is 271 g/mol. The molecular formula is C15H13NS2. The van der Waals surface area contributed by atoms with Crippen molar-refractivity contribution in [3.8, 4) is 0 Å². The second-order valence-electron chi connectivity index (χ2n) is 4.41. The number of aryl methyl sites for hydroxylation is 1. The fourth-order valence-corrected chi connectivity index (χ4v) is 3.51. The van der Waals surface area contributed by atoms with Crippen molar-refractivity contribution in [3.63, 3.8) is 0 Å². The maximum atomic E-state index is 5.48. The van der Waals surface area contributed by atoms with Gasteiger partial charge in [0.05, 0.1) is 10.2 Å². The maximum Gasteiger partial charge on any atom is 0.162 e. The lowest BCUT2D eigenvalue weighted by atomic mass is 10.2. The molecular weight excluding hydrogens is 258 g/mol. The lowest BCUT2D eigenvalue weighted by Gasteiger charge is -2.05. The van der Waals surface area contributed by atoms with E-state index in [2.05, 4.69) is 54.0 Å². The van der Waals surface area contributed by atoms with Crippen LogP contribution < -0.4 is 0 Å². The summed E-state index contributed by atoms with van der Waals surface area (Å²) in [6.07, 6.45) is 0. The van der Waals surface area contributed by atoms with E-state index in [0.29, 0.717) is 0 Å². The Morgan fingerprint density at radius 2 is 1.89 bits per heavy atom. The van der Waals surface area contributed by atoms with Crippen molar-refractivity contribution in [3.05, 3.63) is 63.6 Å². The Labute approximate surface area is 115 Å². The van der Waals surface area contributed by atoms with Crippen molar-refractivity contribution in [1.82, 2.24) is 4.57 Å². The van der Waals surface area contributed by atoms with Gasteiger partial charge >= 0.3 is 0 Å². The zero-order valence-electron chi connectivity index (χ0n) is 10.1. The molecule has 3 heteroatoms. The Hall–Kier alpha value is -1.45. The van der Waals surface area contributed by atoms with E-state index < -0.39 is 0 Å². The smallest absolute Gasteiger partial charge is 0.162 e. The molecule has 0 atom stereocenters. The molecule has 0 saturated heterocycles. The zero-order chi connectivity index (χ0) is 12.5. The lowest BCUT2D eigenvalue weighted by Crippen LogP contribution is -1.98. The first-order valence-corrected chi connectivity index (χ1v) is 7.10. The number of fused-ring (bicyclic) bond motifs is 1. The van der Waals surface area contributed by atoms with Crippen LogP contribution in [0, 0.1) is 10.9 Å². The molecule has 0 amide bonds. The minimum Gasteiger partial charge on any atom is -0.318 e. The summed E-state index contributed by atoms with van der Waals surface area (Å²) in [6.45, 7) is 2.96. The van der Waals surface area contributed by atoms with Crippen LogP contribution in [-0.2, 0) is 6.54 Å². The van der Waals surface area contributed by atoms with Crippen molar-refractivity contribution >= 4 is 33.8 Å². The predicted molar refractivity (Wildman–Crippen MR) is 80.9 cm³/mol. The summed E-state index contributed by atoms with van der Waals surface area (Å²) in [7, 11) is 0. The van der Waals surface area contributed by atoms with Gasteiger partial charge in [-0.2, -0.15) is 0 Å². The normalized spacial score (nSPS) is 10.9. The fraction of sp³-hybridized carbons (Fsp3) is 0.133. The minimum absolute atomic E-state index is 0.850. The van der Waals surface area contributed by atoms with Gasteiger partial charge in [0, 0.05) is 6.54 Å². The van der Waals surface area contributed by atoms with E-state index in [1.807, 2.05) is 6.07 Å². The highest BCUT2D eigenvalue weighted by Gasteiger charge is 2.05. The van der Waals surface area contributed by atoms with Gasteiger partial charge in [-0.05, 0) is 42.4 Å². The van der Waals surface area contributed by atoms with Gasteiger partial charge < -0.3 is 4.57 Å². The summed E-state index contributed by atoms with van der Waals surface area (Å²) in [6, 6.07) is 17.0. The van der Waals surface area contributed by atoms with E-state index in [-0.39, 0.29) is 0 Å². The largest absolute Gasteiger partial charge is 0.318 e. The molecule has 3 aromatic rings. The third kappa shape index (κ3) is 2.11. The average Bonchev–Trinajstić information content (AvgIpc) is 2.66. The van der Waals surface area contributed by atoms with E-state index >= 15 is 0 Å². The van der Waals surface area contributed by atoms with Gasteiger partial charge in [-0.3, -0.25) is 0 Å². The first-order chi connectivity index (χ1) is 8.74. The highest BCUT2D eigenvalue weighted by molar-refractivity contribution is 7.73. The van der Waals surface area contributed by atoms with Gasteiger partial charge in [-0.25, -0.2) is 0 Å². The van der Waals surface area contributed by atoms with Gasteiger partial charge in [0.1, 0.15) is 0 Å². The molecule has 0 radical (unpaired) electrons. The predicted octanol–water partition coefficient (Wildman–Crippen LogP) is 4.79. The first kappa shape index (κ1) is 11.6. The molecule has 90 valence electrons.